The van der Waals surface area contributed by atoms with Gasteiger partial charge in [-0.2, -0.15) is 5.26 Å². The van der Waals surface area contributed by atoms with E-state index >= 15 is 0 Å². The van der Waals surface area contributed by atoms with Crippen LogP contribution in [-0.4, -0.2) is 4.98 Å². The molecule has 1 aromatic heterocycles. The second kappa shape index (κ2) is 5.93. The molecule has 0 aliphatic rings. The molecule has 0 aliphatic carbocycles. The van der Waals surface area contributed by atoms with Gasteiger partial charge in [0.25, 0.3) is 0 Å². The predicted octanol–water partition coefficient (Wildman–Crippen LogP) is 3.83. The zero-order chi connectivity index (χ0) is 14.5. The van der Waals surface area contributed by atoms with Crippen LogP contribution in [-0.2, 0) is 6.54 Å². The monoisotopic (exact) mass is 275 g/mol. The summed E-state index contributed by atoms with van der Waals surface area (Å²) in [5.41, 5.74) is 3.64. The van der Waals surface area contributed by atoms with Crippen molar-refractivity contribution in [3.05, 3.63) is 72.1 Å². The Bertz CT molecular complexity index is 773. The van der Waals surface area contributed by atoms with Gasteiger partial charge in [-0.1, -0.05) is 18.2 Å². The number of rotatable bonds is 4. The molecule has 0 saturated heterocycles. The second-order valence-corrected chi connectivity index (χ2v) is 4.58. The molecular weight excluding hydrogens is 262 g/mol. The van der Waals surface area contributed by atoms with Crippen LogP contribution in [0.4, 0.5) is 5.69 Å². The Kier molecular flexibility index (Phi) is 3.66. The fourth-order valence-electron chi connectivity index (χ4n) is 2.08. The molecular formula is C17H13N3O. The molecule has 0 bridgehead atoms. The van der Waals surface area contributed by atoms with Crippen LogP contribution in [0.25, 0.3) is 11.5 Å². The quantitative estimate of drug-likeness (QED) is 0.786. The van der Waals surface area contributed by atoms with Gasteiger partial charge in [-0.05, 0) is 35.9 Å². The van der Waals surface area contributed by atoms with Crippen molar-refractivity contribution in [1.29, 1.82) is 5.26 Å². The number of anilines is 1. The zero-order valence-corrected chi connectivity index (χ0v) is 11.3. The number of nitrogens with zero attached hydrogens (tertiary/aromatic N) is 2. The third-order valence-electron chi connectivity index (χ3n) is 3.09. The van der Waals surface area contributed by atoms with Crippen molar-refractivity contribution < 1.29 is 4.42 Å². The van der Waals surface area contributed by atoms with E-state index in [-0.39, 0.29) is 0 Å². The summed E-state index contributed by atoms with van der Waals surface area (Å²) in [5.74, 6) is 0.602. The van der Waals surface area contributed by atoms with Crippen LogP contribution >= 0.6 is 0 Å². The molecule has 3 rings (SSSR count). The minimum absolute atomic E-state index is 0.602. The minimum Gasteiger partial charge on any atom is -0.445 e. The van der Waals surface area contributed by atoms with E-state index in [4.69, 9.17) is 9.68 Å². The molecule has 4 nitrogen and oxygen atoms in total. The summed E-state index contributed by atoms with van der Waals surface area (Å²) in [4.78, 5) is 4.14. The Morgan fingerprint density at radius 3 is 2.86 bits per heavy atom. The molecule has 3 aromatic rings. The largest absolute Gasteiger partial charge is 0.445 e. The number of aromatic nitrogens is 1. The van der Waals surface area contributed by atoms with Gasteiger partial charge < -0.3 is 9.73 Å². The van der Waals surface area contributed by atoms with E-state index in [9.17, 15) is 0 Å². The van der Waals surface area contributed by atoms with Crippen LogP contribution in [0.15, 0.2) is 65.4 Å². The van der Waals surface area contributed by atoms with Crippen LogP contribution in [0, 0.1) is 11.3 Å². The first-order valence-electron chi connectivity index (χ1n) is 6.58. The lowest BCUT2D eigenvalue weighted by atomic mass is 10.1. The average molecular weight is 275 g/mol. The standard InChI is InChI=1S/C17H13N3O/c18-11-13-3-1-4-14(9-13)12-20-16-6-2-5-15(10-16)17-19-7-8-21-17/h1-10,20H,12H2. The summed E-state index contributed by atoms with van der Waals surface area (Å²) < 4.78 is 5.29. The molecule has 0 spiro atoms. The molecule has 0 unspecified atom stereocenters. The Morgan fingerprint density at radius 1 is 1.14 bits per heavy atom. The van der Waals surface area contributed by atoms with Crippen molar-refractivity contribution in [2.75, 3.05) is 5.32 Å². The highest BCUT2D eigenvalue weighted by Gasteiger charge is 2.03. The van der Waals surface area contributed by atoms with Crippen LogP contribution in [0.5, 0.6) is 0 Å². The number of oxazole rings is 1. The van der Waals surface area contributed by atoms with E-state index < -0.39 is 0 Å². The van der Waals surface area contributed by atoms with Crippen molar-refractivity contribution in [1.82, 2.24) is 4.98 Å². The highest BCUT2D eigenvalue weighted by atomic mass is 16.3. The van der Waals surface area contributed by atoms with Crippen molar-refractivity contribution in [3.63, 3.8) is 0 Å². The van der Waals surface area contributed by atoms with Gasteiger partial charge in [0, 0.05) is 17.8 Å². The van der Waals surface area contributed by atoms with Crippen LogP contribution < -0.4 is 5.32 Å². The molecule has 1 N–H and O–H groups in total. The predicted molar refractivity (Wildman–Crippen MR) is 80.4 cm³/mol. The molecule has 21 heavy (non-hydrogen) atoms. The van der Waals surface area contributed by atoms with Gasteiger partial charge in [0.15, 0.2) is 0 Å². The Hall–Kier alpha value is -3.06. The van der Waals surface area contributed by atoms with E-state index in [2.05, 4.69) is 16.4 Å². The SMILES string of the molecule is N#Cc1cccc(CNc2cccc(-c3ncco3)c2)c1. The third kappa shape index (κ3) is 3.10. The topological polar surface area (TPSA) is 61.9 Å². The molecule has 0 amide bonds. The number of nitrogens with one attached hydrogen (secondary N) is 1. The van der Waals surface area contributed by atoms with Crippen molar-refractivity contribution in [2.45, 2.75) is 6.54 Å². The summed E-state index contributed by atoms with van der Waals surface area (Å²) in [7, 11) is 0. The first-order valence-corrected chi connectivity index (χ1v) is 6.58. The molecule has 0 saturated carbocycles. The maximum atomic E-state index is 8.90. The lowest BCUT2D eigenvalue weighted by Gasteiger charge is -2.07. The molecule has 1 heterocycles. The van der Waals surface area contributed by atoms with Crippen LogP contribution in [0.3, 0.4) is 0 Å². The molecule has 0 atom stereocenters. The number of hydrogen-bond acceptors (Lipinski definition) is 4. The minimum atomic E-state index is 0.602. The van der Waals surface area contributed by atoms with Crippen LogP contribution in [0.1, 0.15) is 11.1 Å². The van der Waals surface area contributed by atoms with Gasteiger partial charge in [0.2, 0.25) is 5.89 Å². The normalized spacial score (nSPS) is 10.0. The van der Waals surface area contributed by atoms with Crippen LogP contribution in [0.2, 0.25) is 0 Å². The molecule has 0 aliphatic heterocycles. The van der Waals surface area contributed by atoms with E-state index in [1.165, 1.54) is 0 Å². The van der Waals surface area contributed by atoms with Gasteiger partial charge in [-0.15, -0.1) is 0 Å². The summed E-state index contributed by atoms with van der Waals surface area (Å²) in [5, 5.41) is 12.2. The molecule has 4 heteroatoms. The number of hydrogen-bond donors (Lipinski definition) is 1. The molecule has 0 radical (unpaired) electrons. The smallest absolute Gasteiger partial charge is 0.225 e. The highest BCUT2D eigenvalue weighted by molar-refractivity contribution is 5.61. The first kappa shape index (κ1) is 12.9. The van der Waals surface area contributed by atoms with Crippen molar-refractivity contribution in [2.24, 2.45) is 0 Å². The van der Waals surface area contributed by atoms with Gasteiger partial charge in [0.05, 0.1) is 17.8 Å². The van der Waals surface area contributed by atoms with Gasteiger partial charge in [0.1, 0.15) is 6.26 Å². The van der Waals surface area contributed by atoms with Crippen molar-refractivity contribution >= 4 is 5.69 Å². The first-order chi connectivity index (χ1) is 10.3. The number of nitriles is 1. The summed E-state index contributed by atoms with van der Waals surface area (Å²) in [6.07, 6.45) is 3.19. The van der Waals surface area contributed by atoms with E-state index in [0.29, 0.717) is 18.0 Å². The molecule has 102 valence electrons. The van der Waals surface area contributed by atoms with E-state index in [1.54, 1.807) is 18.5 Å². The van der Waals surface area contributed by atoms with E-state index in [0.717, 1.165) is 16.8 Å². The van der Waals surface area contributed by atoms with E-state index in [1.807, 2.05) is 42.5 Å². The third-order valence-corrected chi connectivity index (χ3v) is 3.09. The summed E-state index contributed by atoms with van der Waals surface area (Å²) in [6, 6.07) is 17.6. The Morgan fingerprint density at radius 2 is 2.05 bits per heavy atom. The second-order valence-electron chi connectivity index (χ2n) is 4.58. The fourth-order valence-corrected chi connectivity index (χ4v) is 2.08. The highest BCUT2D eigenvalue weighted by Crippen LogP contribution is 2.21. The maximum Gasteiger partial charge on any atom is 0.225 e. The zero-order valence-electron chi connectivity index (χ0n) is 11.3. The fraction of sp³-hybridized carbons (Fsp3) is 0.0588. The Labute approximate surface area is 122 Å². The summed E-state index contributed by atoms with van der Waals surface area (Å²) >= 11 is 0. The average Bonchev–Trinajstić information content (AvgIpc) is 3.08. The lowest BCUT2D eigenvalue weighted by Crippen LogP contribution is -1.99. The lowest BCUT2D eigenvalue weighted by molar-refractivity contribution is 0.574. The molecule has 0 fully saturated rings. The molecule has 2 aromatic carbocycles. The Balaban J connectivity index is 1.73. The van der Waals surface area contributed by atoms with Gasteiger partial charge in [-0.3, -0.25) is 0 Å². The van der Waals surface area contributed by atoms with Crippen molar-refractivity contribution in [3.8, 4) is 17.5 Å². The summed E-state index contributed by atoms with van der Waals surface area (Å²) in [6.45, 7) is 0.657. The van der Waals surface area contributed by atoms with Gasteiger partial charge >= 0.3 is 0 Å². The number of benzene rings is 2. The maximum absolute atomic E-state index is 8.90. The van der Waals surface area contributed by atoms with Gasteiger partial charge in [-0.25, -0.2) is 4.98 Å².